The zero-order valence-corrected chi connectivity index (χ0v) is 22.4. The average Bonchev–Trinajstić information content (AvgIpc) is 2.98. The quantitative estimate of drug-likeness (QED) is 0.208. The van der Waals surface area contributed by atoms with Gasteiger partial charge in [-0.3, -0.25) is 4.79 Å². The third-order valence-electron chi connectivity index (χ3n) is 7.58. The predicted octanol–water partition coefficient (Wildman–Crippen LogP) is 9.03. The predicted molar refractivity (Wildman–Crippen MR) is 159 cm³/mol. The Labute approximate surface area is 235 Å². The normalized spacial score (nSPS) is 12.1. The molecule has 0 fully saturated rings. The van der Waals surface area contributed by atoms with E-state index in [-0.39, 0.29) is 5.43 Å². The lowest BCUT2D eigenvalue weighted by molar-refractivity contribution is 0.486. The Morgan fingerprint density at radius 3 is 1.80 bits per heavy atom. The maximum absolute atomic E-state index is 14.9. The lowest BCUT2D eigenvalue weighted by Gasteiger charge is -2.31. The molecule has 0 saturated heterocycles. The van der Waals surface area contributed by atoms with E-state index < -0.39 is 11.6 Å². The summed E-state index contributed by atoms with van der Waals surface area (Å²) in [5, 5.41) is 0.597. The molecule has 4 nitrogen and oxygen atoms in total. The van der Waals surface area contributed by atoms with Gasteiger partial charge in [-0.15, -0.1) is 0 Å². The highest BCUT2D eigenvalue weighted by atomic mass is 19.1. The Morgan fingerprint density at radius 2 is 1.22 bits per heavy atom. The van der Waals surface area contributed by atoms with Gasteiger partial charge in [0.25, 0.3) is 0 Å². The highest BCUT2D eigenvalue weighted by Crippen LogP contribution is 2.50. The fourth-order valence-electron chi connectivity index (χ4n) is 5.69. The zero-order valence-electron chi connectivity index (χ0n) is 22.4. The molecule has 0 N–H and O–H groups in total. The smallest absolute Gasteiger partial charge is 0.192 e. The minimum atomic E-state index is -0.397. The van der Waals surface area contributed by atoms with Gasteiger partial charge < -0.3 is 14.2 Å². The molecule has 200 valence electrons. The van der Waals surface area contributed by atoms with Crippen molar-refractivity contribution in [3.63, 3.8) is 0 Å². The number of aryl methyl sites for hydroxylation is 2. The van der Waals surface area contributed by atoms with Crippen LogP contribution in [0.4, 0.5) is 25.8 Å². The lowest BCUT2D eigenvalue weighted by Crippen LogP contribution is -2.15. The number of hydrogen-bond acceptors (Lipinski definition) is 3. The summed E-state index contributed by atoms with van der Waals surface area (Å²) in [7, 11) is 1.90. The number of aromatic nitrogens is 1. The molecule has 1 aliphatic heterocycles. The van der Waals surface area contributed by atoms with Gasteiger partial charge in [-0.05, 0) is 73.7 Å². The largest absolute Gasteiger partial charge is 0.456 e. The first-order valence-electron chi connectivity index (χ1n) is 13.2. The van der Waals surface area contributed by atoms with E-state index >= 15 is 0 Å². The minimum absolute atomic E-state index is 0.0319. The van der Waals surface area contributed by atoms with Crippen LogP contribution in [0.5, 0.6) is 11.5 Å². The second-order valence-corrected chi connectivity index (χ2v) is 10.2. The van der Waals surface area contributed by atoms with Gasteiger partial charge in [0.15, 0.2) is 5.43 Å². The maximum Gasteiger partial charge on any atom is 0.192 e. The molecule has 0 spiro atoms. The Bertz CT molecular complexity index is 1970. The summed E-state index contributed by atoms with van der Waals surface area (Å²) in [6.45, 7) is 1.80. The van der Waals surface area contributed by atoms with Gasteiger partial charge in [0.1, 0.15) is 23.1 Å². The van der Waals surface area contributed by atoms with Crippen LogP contribution in [0.15, 0.2) is 114 Å². The second-order valence-electron chi connectivity index (χ2n) is 10.2. The fourth-order valence-corrected chi connectivity index (χ4v) is 5.69. The first-order chi connectivity index (χ1) is 19.9. The molecule has 0 radical (unpaired) electrons. The number of nitrogens with zero attached hydrogens (tertiary/aromatic N) is 2. The van der Waals surface area contributed by atoms with Crippen LogP contribution >= 0.6 is 0 Å². The van der Waals surface area contributed by atoms with Crippen LogP contribution in [-0.2, 0) is 7.05 Å². The molecule has 1 aliphatic rings. The van der Waals surface area contributed by atoms with Crippen LogP contribution in [0.25, 0.3) is 33.2 Å². The first-order valence-corrected chi connectivity index (χ1v) is 13.2. The molecule has 0 unspecified atom stereocenters. The van der Waals surface area contributed by atoms with Crippen molar-refractivity contribution in [1.29, 1.82) is 0 Å². The SMILES string of the molecule is Cc1cn(C)c2cc(N3c4ccc(F)cc4-c4ccccc4Oc4ccccc4-c4cc(F)ccc43)ccc2c1=O. The van der Waals surface area contributed by atoms with Gasteiger partial charge in [0.05, 0.1) is 16.9 Å². The summed E-state index contributed by atoms with van der Waals surface area (Å²) in [4.78, 5) is 15.0. The third kappa shape index (κ3) is 4.07. The summed E-state index contributed by atoms with van der Waals surface area (Å²) in [5.74, 6) is 0.296. The molecule has 6 heteroatoms. The van der Waals surface area contributed by atoms with Gasteiger partial charge in [-0.1, -0.05) is 36.4 Å². The highest BCUT2D eigenvalue weighted by Gasteiger charge is 2.26. The summed E-state index contributed by atoms with van der Waals surface area (Å²) in [6, 6.07) is 29.9. The first kappa shape index (κ1) is 24.8. The van der Waals surface area contributed by atoms with Crippen molar-refractivity contribution in [2.45, 2.75) is 6.92 Å². The Balaban J connectivity index is 1.63. The molecule has 6 aromatic rings. The molecule has 1 aromatic heterocycles. The average molecular weight is 543 g/mol. The van der Waals surface area contributed by atoms with E-state index in [4.69, 9.17) is 4.74 Å². The molecule has 2 heterocycles. The topological polar surface area (TPSA) is 34.5 Å². The molecule has 0 aliphatic carbocycles. The number of pyridine rings is 1. The summed E-state index contributed by atoms with van der Waals surface area (Å²) in [6.07, 6.45) is 1.81. The van der Waals surface area contributed by atoms with Crippen molar-refractivity contribution in [3.05, 3.63) is 137 Å². The van der Waals surface area contributed by atoms with E-state index in [1.807, 2.05) is 89.4 Å². The molecular weight excluding hydrogens is 518 g/mol. The van der Waals surface area contributed by atoms with Crippen LogP contribution in [0.3, 0.4) is 0 Å². The number of halogens is 2. The Morgan fingerprint density at radius 1 is 0.659 bits per heavy atom. The van der Waals surface area contributed by atoms with E-state index in [0.717, 1.165) is 11.2 Å². The van der Waals surface area contributed by atoms with E-state index in [0.29, 0.717) is 56.1 Å². The van der Waals surface area contributed by atoms with Gasteiger partial charge in [-0.2, -0.15) is 0 Å². The van der Waals surface area contributed by atoms with Crippen molar-refractivity contribution >= 4 is 28.0 Å². The van der Waals surface area contributed by atoms with Crippen molar-refractivity contribution in [2.24, 2.45) is 7.05 Å². The number of anilines is 3. The fraction of sp³-hybridized carbons (Fsp3) is 0.0571. The maximum atomic E-state index is 14.9. The monoisotopic (exact) mass is 542 g/mol. The standard InChI is InChI=1S/C35H24F2N2O2/c1-21-20-38(2)32-19-24(13-14-27(32)35(21)40)39-30-15-11-22(36)17-28(30)25-7-3-5-9-33(25)41-34-10-6-4-8-26(34)29-18-23(37)12-16-31(29)39/h3-20H,1-2H3. The van der Waals surface area contributed by atoms with Crippen LogP contribution in [0.1, 0.15) is 5.56 Å². The third-order valence-corrected chi connectivity index (χ3v) is 7.58. The van der Waals surface area contributed by atoms with Crippen molar-refractivity contribution < 1.29 is 13.5 Å². The van der Waals surface area contributed by atoms with Gasteiger partial charge in [0, 0.05) is 52.1 Å². The molecule has 0 bridgehead atoms. The Hall–Kier alpha value is -5.23. The van der Waals surface area contributed by atoms with Gasteiger partial charge in [-0.25, -0.2) is 8.78 Å². The number of hydrogen-bond donors (Lipinski definition) is 0. The minimum Gasteiger partial charge on any atom is -0.456 e. The van der Waals surface area contributed by atoms with E-state index in [2.05, 4.69) is 0 Å². The molecular formula is C35H24F2N2O2. The number of fused-ring (bicyclic) bond motifs is 7. The zero-order chi connectivity index (χ0) is 28.2. The van der Waals surface area contributed by atoms with Crippen LogP contribution < -0.4 is 15.1 Å². The molecule has 0 saturated carbocycles. The van der Waals surface area contributed by atoms with E-state index in [1.165, 1.54) is 24.3 Å². The lowest BCUT2D eigenvalue weighted by atomic mass is 9.96. The second kappa shape index (κ2) is 9.45. The highest BCUT2D eigenvalue weighted by molar-refractivity contribution is 5.97. The van der Waals surface area contributed by atoms with Crippen molar-refractivity contribution in [1.82, 2.24) is 4.57 Å². The number of ether oxygens (including phenoxy) is 1. The Kier molecular flexibility index (Phi) is 5.71. The number of rotatable bonds is 1. The van der Waals surface area contributed by atoms with E-state index in [9.17, 15) is 13.6 Å². The molecule has 5 aromatic carbocycles. The molecule has 41 heavy (non-hydrogen) atoms. The van der Waals surface area contributed by atoms with E-state index in [1.54, 1.807) is 19.1 Å². The van der Waals surface area contributed by atoms with Crippen molar-refractivity contribution in [2.75, 3.05) is 4.90 Å². The van der Waals surface area contributed by atoms with Gasteiger partial charge >= 0.3 is 0 Å². The van der Waals surface area contributed by atoms with Crippen LogP contribution in [0.2, 0.25) is 0 Å². The van der Waals surface area contributed by atoms with Crippen molar-refractivity contribution in [3.8, 4) is 33.8 Å². The summed E-state index contributed by atoms with van der Waals surface area (Å²) in [5.41, 5.74) is 6.06. The van der Waals surface area contributed by atoms with Crippen LogP contribution in [-0.4, -0.2) is 4.57 Å². The number of benzene rings is 5. The van der Waals surface area contributed by atoms with Crippen LogP contribution in [0, 0.1) is 18.6 Å². The molecule has 0 atom stereocenters. The summed E-state index contributed by atoms with van der Waals surface area (Å²) < 4.78 is 38.2. The molecule has 7 rings (SSSR count). The summed E-state index contributed by atoms with van der Waals surface area (Å²) >= 11 is 0. The number of para-hydroxylation sites is 2. The molecule has 0 amide bonds. The van der Waals surface area contributed by atoms with Gasteiger partial charge in [0.2, 0.25) is 0 Å².